The van der Waals surface area contributed by atoms with Crippen molar-refractivity contribution in [3.8, 4) is 5.75 Å². The van der Waals surface area contributed by atoms with Gasteiger partial charge in [-0.2, -0.15) is 10.2 Å². The first-order valence-corrected chi connectivity index (χ1v) is 14.5. The van der Waals surface area contributed by atoms with Gasteiger partial charge >= 0.3 is 5.97 Å². The van der Waals surface area contributed by atoms with E-state index in [0.717, 1.165) is 54.5 Å². The Morgan fingerprint density at radius 1 is 0.769 bits per heavy atom. The molecule has 0 amide bonds. The lowest BCUT2D eigenvalue weighted by Crippen LogP contribution is -2.47. The van der Waals surface area contributed by atoms with Crippen molar-refractivity contribution in [3.63, 3.8) is 0 Å². The average Bonchev–Trinajstić information content (AvgIpc) is 3.10. The van der Waals surface area contributed by atoms with Gasteiger partial charge in [0.05, 0.1) is 36.0 Å². The van der Waals surface area contributed by atoms with Crippen molar-refractivity contribution >= 4 is 17.3 Å². The van der Waals surface area contributed by atoms with Crippen LogP contribution in [0.5, 0.6) is 5.75 Å². The molecule has 0 aliphatic carbocycles. The van der Waals surface area contributed by atoms with Crippen LogP contribution in [-0.4, -0.2) is 35.3 Å². The number of nitrogens with zero attached hydrogens (tertiary/aromatic N) is 3. The molecule has 1 aliphatic rings. The highest BCUT2D eigenvalue weighted by molar-refractivity contribution is 5.74. The minimum Gasteiger partial charge on any atom is -0.494 e. The van der Waals surface area contributed by atoms with Gasteiger partial charge in [-0.05, 0) is 83.4 Å². The number of unbranched alkanes of at least 4 members (excludes halogenated alkanes) is 8. The average molecular weight is 537 g/mol. The standard InChI is InChI=1S/C32H46N3O4/c1-31(2)25-29(32(3,4)35(31)37)30(36)39-24-16-11-9-7-5-6-8-10-15-23-38-28-21-19-27(20-22-28)34-33-26-17-13-12-14-18-26/h12-14,17-22,29H,5-11,15-16,23-25H2,1-4H3. The molecule has 0 bridgehead atoms. The minimum atomic E-state index is -0.714. The summed E-state index contributed by atoms with van der Waals surface area (Å²) < 4.78 is 11.4. The fourth-order valence-corrected chi connectivity index (χ4v) is 5.25. The Kier molecular flexibility index (Phi) is 11.9. The maximum Gasteiger partial charge on any atom is 0.310 e. The number of hydrogen-bond acceptors (Lipinski definition) is 6. The van der Waals surface area contributed by atoms with Crippen LogP contribution >= 0.6 is 0 Å². The maximum absolute atomic E-state index is 12.5. The van der Waals surface area contributed by atoms with E-state index in [0.29, 0.717) is 13.0 Å². The predicted octanol–water partition coefficient (Wildman–Crippen LogP) is 8.76. The molecule has 1 atom stereocenters. The fraction of sp³-hybridized carbons (Fsp3) is 0.594. The Morgan fingerprint density at radius 2 is 1.28 bits per heavy atom. The van der Waals surface area contributed by atoms with Gasteiger partial charge in [0.1, 0.15) is 5.75 Å². The number of benzene rings is 2. The van der Waals surface area contributed by atoms with Crippen LogP contribution in [0.4, 0.5) is 11.4 Å². The van der Waals surface area contributed by atoms with E-state index in [4.69, 9.17) is 9.47 Å². The normalized spacial score (nSPS) is 18.4. The molecule has 1 unspecified atom stereocenters. The summed E-state index contributed by atoms with van der Waals surface area (Å²) in [6.07, 6.45) is 10.8. The van der Waals surface area contributed by atoms with Gasteiger partial charge in [-0.25, -0.2) is 0 Å². The van der Waals surface area contributed by atoms with Crippen LogP contribution in [0.3, 0.4) is 0 Å². The van der Waals surface area contributed by atoms with E-state index in [1.54, 1.807) is 0 Å². The summed E-state index contributed by atoms with van der Waals surface area (Å²) in [5, 5.41) is 22.0. The molecule has 1 heterocycles. The third-order valence-corrected chi connectivity index (χ3v) is 7.59. The van der Waals surface area contributed by atoms with Crippen molar-refractivity contribution in [2.75, 3.05) is 13.2 Å². The number of esters is 1. The monoisotopic (exact) mass is 536 g/mol. The highest BCUT2D eigenvalue weighted by Crippen LogP contribution is 2.44. The molecule has 0 aromatic heterocycles. The first-order chi connectivity index (χ1) is 18.7. The van der Waals surface area contributed by atoms with Crippen LogP contribution in [0.1, 0.15) is 91.9 Å². The summed E-state index contributed by atoms with van der Waals surface area (Å²) in [7, 11) is 0. The lowest BCUT2D eigenvalue weighted by molar-refractivity contribution is -0.248. The molecular formula is C32H46N3O4. The van der Waals surface area contributed by atoms with Crippen LogP contribution in [0.25, 0.3) is 0 Å². The topological polar surface area (TPSA) is 83.4 Å². The molecule has 1 saturated heterocycles. The van der Waals surface area contributed by atoms with Crippen LogP contribution in [-0.2, 0) is 14.7 Å². The maximum atomic E-state index is 12.5. The molecule has 1 radical (unpaired) electrons. The second-order valence-electron chi connectivity index (χ2n) is 11.7. The summed E-state index contributed by atoms with van der Waals surface area (Å²) in [6.45, 7) is 8.65. The molecule has 7 heteroatoms. The quantitative estimate of drug-likeness (QED) is 0.122. The molecule has 0 saturated carbocycles. The number of rotatable bonds is 16. The SMILES string of the molecule is CC1(C)CC(C(=O)OCCCCCCCCCCCOc2ccc(N=Nc3ccccc3)cc2)C(C)(C)N1[O]. The Balaban J connectivity index is 1.14. The third-order valence-electron chi connectivity index (χ3n) is 7.59. The van der Waals surface area contributed by atoms with Gasteiger partial charge in [0.15, 0.2) is 0 Å². The zero-order valence-electron chi connectivity index (χ0n) is 24.2. The van der Waals surface area contributed by atoms with Gasteiger partial charge in [0.2, 0.25) is 0 Å². The van der Waals surface area contributed by atoms with E-state index in [1.165, 1.54) is 32.1 Å². The summed E-state index contributed by atoms with van der Waals surface area (Å²) in [4.78, 5) is 12.5. The lowest BCUT2D eigenvalue weighted by Gasteiger charge is -2.32. The fourth-order valence-electron chi connectivity index (χ4n) is 5.25. The number of carbonyl (C=O) groups is 1. The number of hydroxylamine groups is 2. The van der Waals surface area contributed by atoms with E-state index in [-0.39, 0.29) is 11.9 Å². The minimum absolute atomic E-state index is 0.224. The highest BCUT2D eigenvalue weighted by atomic mass is 16.5. The van der Waals surface area contributed by atoms with Crippen LogP contribution in [0, 0.1) is 5.92 Å². The molecule has 39 heavy (non-hydrogen) atoms. The van der Waals surface area contributed by atoms with Gasteiger partial charge in [-0.1, -0.05) is 63.1 Å². The van der Waals surface area contributed by atoms with E-state index in [2.05, 4.69) is 10.2 Å². The van der Waals surface area contributed by atoms with Crippen molar-refractivity contribution in [2.24, 2.45) is 16.1 Å². The second-order valence-corrected chi connectivity index (χ2v) is 11.7. The summed E-state index contributed by atoms with van der Waals surface area (Å²) in [5.41, 5.74) is 0.405. The number of ether oxygens (including phenoxy) is 2. The summed E-state index contributed by atoms with van der Waals surface area (Å²) >= 11 is 0. The van der Waals surface area contributed by atoms with Crippen LogP contribution in [0.2, 0.25) is 0 Å². The van der Waals surface area contributed by atoms with Gasteiger partial charge in [0.25, 0.3) is 0 Å². The van der Waals surface area contributed by atoms with Crippen molar-refractivity contribution < 1.29 is 19.5 Å². The van der Waals surface area contributed by atoms with E-state index < -0.39 is 11.1 Å². The molecule has 2 aromatic rings. The molecule has 213 valence electrons. The van der Waals surface area contributed by atoms with Crippen molar-refractivity contribution in [1.82, 2.24) is 5.06 Å². The predicted molar refractivity (Wildman–Crippen MR) is 154 cm³/mol. The Hall–Kier alpha value is -2.77. The Morgan fingerprint density at radius 3 is 1.82 bits per heavy atom. The van der Waals surface area contributed by atoms with E-state index >= 15 is 0 Å². The number of hydrogen-bond donors (Lipinski definition) is 0. The van der Waals surface area contributed by atoms with Crippen LogP contribution in [0.15, 0.2) is 64.8 Å². The largest absolute Gasteiger partial charge is 0.494 e. The number of carbonyl (C=O) groups excluding carboxylic acids is 1. The molecular weight excluding hydrogens is 490 g/mol. The summed E-state index contributed by atoms with van der Waals surface area (Å²) in [5.74, 6) is 0.276. The molecule has 1 aliphatic heterocycles. The summed E-state index contributed by atoms with van der Waals surface area (Å²) in [6, 6.07) is 17.4. The first kappa shape index (κ1) is 30.8. The van der Waals surface area contributed by atoms with Crippen molar-refractivity contribution in [1.29, 1.82) is 0 Å². The zero-order valence-corrected chi connectivity index (χ0v) is 24.2. The van der Waals surface area contributed by atoms with Crippen LogP contribution < -0.4 is 4.74 Å². The smallest absolute Gasteiger partial charge is 0.310 e. The Labute approximate surface area is 234 Å². The molecule has 3 rings (SSSR count). The van der Waals surface area contributed by atoms with E-state index in [9.17, 15) is 10.0 Å². The van der Waals surface area contributed by atoms with E-state index in [1.807, 2.05) is 82.3 Å². The third kappa shape index (κ3) is 9.73. The second kappa shape index (κ2) is 15.1. The van der Waals surface area contributed by atoms with Gasteiger partial charge < -0.3 is 9.47 Å². The molecule has 1 fully saturated rings. The molecule has 0 N–H and O–H groups in total. The lowest BCUT2D eigenvalue weighted by atomic mass is 9.87. The molecule has 7 nitrogen and oxygen atoms in total. The number of azo groups is 1. The first-order valence-electron chi connectivity index (χ1n) is 14.5. The molecule has 0 spiro atoms. The van der Waals surface area contributed by atoms with Crippen molar-refractivity contribution in [2.45, 2.75) is 103 Å². The van der Waals surface area contributed by atoms with Gasteiger partial charge in [-0.3, -0.25) is 4.79 Å². The Bertz CT molecular complexity index is 1020. The highest BCUT2D eigenvalue weighted by Gasteiger charge is 2.55. The van der Waals surface area contributed by atoms with Crippen molar-refractivity contribution in [3.05, 3.63) is 54.6 Å². The zero-order chi connectivity index (χ0) is 28.1. The molecule has 2 aromatic carbocycles. The van der Waals surface area contributed by atoms with Gasteiger partial charge in [0, 0.05) is 5.54 Å². The van der Waals surface area contributed by atoms with Gasteiger partial charge in [-0.15, -0.1) is 10.3 Å².